The monoisotopic (exact) mass is 473 g/mol. The van der Waals surface area contributed by atoms with Gasteiger partial charge >= 0.3 is 0 Å². The summed E-state index contributed by atoms with van der Waals surface area (Å²) in [6.45, 7) is 2.10. The third-order valence-electron chi connectivity index (χ3n) is 6.28. The zero-order valence-electron chi connectivity index (χ0n) is 18.1. The average Bonchev–Trinajstić information content (AvgIpc) is 2.82. The van der Waals surface area contributed by atoms with Crippen LogP contribution < -0.4 is 10.1 Å². The summed E-state index contributed by atoms with van der Waals surface area (Å²) in [5.74, 6) is 1.81. The first-order valence-electron chi connectivity index (χ1n) is 11.2. The van der Waals surface area contributed by atoms with E-state index >= 15 is 0 Å². The van der Waals surface area contributed by atoms with Crippen LogP contribution in [-0.2, 0) is 0 Å². The van der Waals surface area contributed by atoms with Crippen LogP contribution in [0.3, 0.4) is 0 Å². The van der Waals surface area contributed by atoms with Gasteiger partial charge in [-0.25, -0.2) is 0 Å². The normalized spacial score (nSPS) is 14.6. The van der Waals surface area contributed by atoms with Crippen molar-refractivity contribution in [3.05, 3.63) is 135 Å². The molecule has 4 aromatic rings. The maximum Gasteiger partial charge on any atom is 0.149 e. The first-order valence-corrected chi connectivity index (χ1v) is 12.0. The van der Waals surface area contributed by atoms with Gasteiger partial charge in [0.25, 0.3) is 0 Å². The number of hydrogen-bond acceptors (Lipinski definition) is 2. The Morgan fingerprint density at radius 2 is 1.09 bits per heavy atom. The second kappa shape index (κ2) is 10.0. The molecule has 0 spiro atoms. The standard InChI is InChI=1S/C29H25Cl2NO/c30-25-12-6-22(7-13-25)29(23-8-14-26(31)15-9-23)33-27-16-10-21(11-17-27)28(24-18-32-19-24)20-4-2-1-3-5-20/h1-17,24,28-29,32H,18-19H2. The molecule has 1 heterocycles. The minimum absolute atomic E-state index is 0.258. The van der Waals surface area contributed by atoms with Gasteiger partial charge in [-0.1, -0.05) is 89.9 Å². The van der Waals surface area contributed by atoms with Crippen LogP contribution in [0.2, 0.25) is 10.0 Å². The first kappa shape index (κ1) is 22.0. The van der Waals surface area contributed by atoms with Crippen LogP contribution >= 0.6 is 23.2 Å². The molecule has 1 aliphatic rings. The quantitative estimate of drug-likeness (QED) is 0.299. The predicted octanol–water partition coefficient (Wildman–Crippen LogP) is 7.51. The summed E-state index contributed by atoms with van der Waals surface area (Å²) in [5.41, 5.74) is 4.74. The zero-order valence-corrected chi connectivity index (χ0v) is 19.6. The molecule has 5 rings (SSSR count). The molecule has 1 aliphatic heterocycles. The number of hydrogen-bond donors (Lipinski definition) is 1. The number of benzene rings is 4. The molecule has 0 aromatic heterocycles. The minimum atomic E-state index is -0.258. The predicted molar refractivity (Wildman–Crippen MR) is 136 cm³/mol. The summed E-state index contributed by atoms with van der Waals surface area (Å²) in [4.78, 5) is 0. The molecule has 0 saturated carbocycles. The molecule has 0 amide bonds. The summed E-state index contributed by atoms with van der Waals surface area (Å²) in [7, 11) is 0. The molecule has 4 aromatic carbocycles. The van der Waals surface area contributed by atoms with E-state index in [1.807, 2.05) is 48.5 Å². The van der Waals surface area contributed by atoms with Crippen molar-refractivity contribution >= 4 is 23.2 Å². The zero-order chi connectivity index (χ0) is 22.6. The van der Waals surface area contributed by atoms with Gasteiger partial charge < -0.3 is 10.1 Å². The molecule has 1 saturated heterocycles. The Labute approximate surface area is 205 Å². The molecule has 4 heteroatoms. The number of rotatable bonds is 7. The van der Waals surface area contributed by atoms with Gasteiger partial charge in [0.1, 0.15) is 11.9 Å². The maximum absolute atomic E-state index is 6.51. The van der Waals surface area contributed by atoms with Crippen molar-refractivity contribution in [2.45, 2.75) is 12.0 Å². The Hall–Kier alpha value is -2.78. The van der Waals surface area contributed by atoms with Crippen molar-refractivity contribution in [2.24, 2.45) is 5.92 Å². The summed E-state index contributed by atoms with van der Waals surface area (Å²) >= 11 is 12.2. The fourth-order valence-electron chi connectivity index (χ4n) is 4.44. The molecule has 2 nitrogen and oxygen atoms in total. The van der Waals surface area contributed by atoms with Crippen LogP contribution in [0.15, 0.2) is 103 Å². The molecular formula is C29H25Cl2NO. The lowest BCUT2D eigenvalue weighted by molar-refractivity contribution is 0.247. The van der Waals surface area contributed by atoms with E-state index in [1.54, 1.807) is 0 Å². The van der Waals surface area contributed by atoms with Crippen molar-refractivity contribution < 1.29 is 4.74 Å². The maximum atomic E-state index is 6.51. The molecule has 1 unspecified atom stereocenters. The smallest absolute Gasteiger partial charge is 0.149 e. The molecule has 0 radical (unpaired) electrons. The summed E-state index contributed by atoms with van der Waals surface area (Å²) in [5, 5.41) is 4.83. The minimum Gasteiger partial charge on any atom is -0.481 e. The van der Waals surface area contributed by atoms with E-state index in [4.69, 9.17) is 27.9 Å². The van der Waals surface area contributed by atoms with E-state index in [0.29, 0.717) is 21.9 Å². The molecular weight excluding hydrogens is 449 g/mol. The fraction of sp³-hybridized carbons (Fsp3) is 0.172. The van der Waals surface area contributed by atoms with Gasteiger partial charge in [-0.15, -0.1) is 0 Å². The Bertz CT molecular complexity index is 1130. The van der Waals surface area contributed by atoms with Crippen molar-refractivity contribution in [3.8, 4) is 5.75 Å². The lowest BCUT2D eigenvalue weighted by Crippen LogP contribution is -2.45. The Balaban J connectivity index is 1.43. The van der Waals surface area contributed by atoms with E-state index in [9.17, 15) is 0 Å². The van der Waals surface area contributed by atoms with E-state index in [1.165, 1.54) is 11.1 Å². The second-order valence-electron chi connectivity index (χ2n) is 8.48. The SMILES string of the molecule is Clc1ccc(C(Oc2ccc(C(c3ccccc3)C3CNC3)cc2)c2ccc(Cl)cc2)cc1. The third kappa shape index (κ3) is 5.09. The van der Waals surface area contributed by atoms with Gasteiger partial charge in [-0.05, 0) is 64.6 Å². The highest BCUT2D eigenvalue weighted by Gasteiger charge is 2.29. The average molecular weight is 474 g/mol. The number of halogens is 2. The molecule has 1 N–H and O–H groups in total. The van der Waals surface area contributed by atoms with E-state index < -0.39 is 0 Å². The summed E-state index contributed by atoms with van der Waals surface area (Å²) < 4.78 is 6.51. The van der Waals surface area contributed by atoms with Crippen LogP contribution in [0.4, 0.5) is 0 Å². The largest absolute Gasteiger partial charge is 0.481 e. The highest BCUT2D eigenvalue weighted by atomic mass is 35.5. The highest BCUT2D eigenvalue weighted by Crippen LogP contribution is 2.36. The first-order chi connectivity index (χ1) is 16.2. The van der Waals surface area contributed by atoms with Gasteiger partial charge in [-0.2, -0.15) is 0 Å². The third-order valence-corrected chi connectivity index (χ3v) is 6.79. The Kier molecular flexibility index (Phi) is 6.68. The Morgan fingerprint density at radius 3 is 1.58 bits per heavy atom. The van der Waals surface area contributed by atoms with E-state index in [0.717, 1.165) is 30.0 Å². The Morgan fingerprint density at radius 1 is 0.606 bits per heavy atom. The van der Waals surface area contributed by atoms with Crippen LogP contribution in [-0.4, -0.2) is 13.1 Å². The van der Waals surface area contributed by atoms with Gasteiger partial charge in [0.15, 0.2) is 0 Å². The van der Waals surface area contributed by atoms with Crippen LogP contribution in [0.5, 0.6) is 5.75 Å². The van der Waals surface area contributed by atoms with Gasteiger partial charge in [0.05, 0.1) is 0 Å². The van der Waals surface area contributed by atoms with Crippen LogP contribution in [0.1, 0.15) is 34.3 Å². The van der Waals surface area contributed by atoms with Crippen molar-refractivity contribution in [2.75, 3.05) is 13.1 Å². The van der Waals surface area contributed by atoms with Gasteiger partial charge in [0, 0.05) is 29.1 Å². The molecule has 1 atom stereocenters. The second-order valence-corrected chi connectivity index (χ2v) is 9.35. The van der Waals surface area contributed by atoms with E-state index in [-0.39, 0.29) is 6.10 Å². The van der Waals surface area contributed by atoms with Gasteiger partial charge in [0.2, 0.25) is 0 Å². The lowest BCUT2D eigenvalue weighted by Gasteiger charge is -2.35. The van der Waals surface area contributed by atoms with Crippen molar-refractivity contribution in [3.63, 3.8) is 0 Å². The molecule has 0 aliphatic carbocycles. The molecule has 1 fully saturated rings. The van der Waals surface area contributed by atoms with Crippen molar-refractivity contribution in [1.82, 2.24) is 5.32 Å². The van der Waals surface area contributed by atoms with E-state index in [2.05, 4.69) is 59.9 Å². The highest BCUT2D eigenvalue weighted by molar-refractivity contribution is 6.30. The molecule has 166 valence electrons. The molecule has 33 heavy (non-hydrogen) atoms. The lowest BCUT2D eigenvalue weighted by atomic mass is 9.78. The topological polar surface area (TPSA) is 21.3 Å². The fourth-order valence-corrected chi connectivity index (χ4v) is 4.69. The van der Waals surface area contributed by atoms with Gasteiger partial charge in [-0.3, -0.25) is 0 Å². The summed E-state index contributed by atoms with van der Waals surface area (Å²) in [6.07, 6.45) is -0.258. The van der Waals surface area contributed by atoms with Crippen LogP contribution in [0.25, 0.3) is 0 Å². The van der Waals surface area contributed by atoms with Crippen molar-refractivity contribution in [1.29, 1.82) is 0 Å². The molecule has 0 bridgehead atoms. The van der Waals surface area contributed by atoms with Crippen LogP contribution in [0, 0.1) is 5.92 Å². The number of nitrogens with one attached hydrogen (secondary N) is 1. The summed E-state index contributed by atoms with van der Waals surface area (Å²) in [6, 6.07) is 34.9. The number of ether oxygens (including phenoxy) is 1.